The Kier molecular flexibility index (Phi) is 4.58. The number of carbonyl (C=O) groups is 1. The predicted octanol–water partition coefficient (Wildman–Crippen LogP) is 3.88. The lowest BCUT2D eigenvalue weighted by molar-refractivity contribution is 0.112. The molecule has 0 amide bonds. The molecule has 0 aliphatic carbocycles. The van der Waals surface area contributed by atoms with E-state index < -0.39 is 5.82 Å². The van der Waals surface area contributed by atoms with Gasteiger partial charge in [-0.1, -0.05) is 11.6 Å². The lowest BCUT2D eigenvalue weighted by atomic mass is 10.1. The summed E-state index contributed by atoms with van der Waals surface area (Å²) in [4.78, 5) is 10.8. The number of benzene rings is 2. The van der Waals surface area contributed by atoms with Crippen LogP contribution in [0.3, 0.4) is 0 Å². The van der Waals surface area contributed by atoms with E-state index in [2.05, 4.69) is 0 Å². The quantitative estimate of drug-likeness (QED) is 0.785. The highest BCUT2D eigenvalue weighted by Crippen LogP contribution is 2.27. The zero-order chi connectivity index (χ0) is 14.5. The van der Waals surface area contributed by atoms with Crippen molar-refractivity contribution in [3.05, 3.63) is 58.4 Å². The Morgan fingerprint density at radius 1 is 1.20 bits per heavy atom. The van der Waals surface area contributed by atoms with Crippen molar-refractivity contribution in [1.29, 1.82) is 0 Å². The number of aldehydes is 1. The molecule has 3 nitrogen and oxygen atoms in total. The van der Waals surface area contributed by atoms with Crippen LogP contribution in [0.1, 0.15) is 15.9 Å². The smallest absolute Gasteiger partial charge is 0.150 e. The highest BCUT2D eigenvalue weighted by molar-refractivity contribution is 6.32. The molecule has 20 heavy (non-hydrogen) atoms. The van der Waals surface area contributed by atoms with Crippen LogP contribution in [-0.4, -0.2) is 13.4 Å². The molecule has 0 bridgehead atoms. The van der Waals surface area contributed by atoms with Gasteiger partial charge in [0.25, 0.3) is 0 Å². The number of carbonyl (C=O) groups excluding carboxylic acids is 1. The van der Waals surface area contributed by atoms with E-state index in [-0.39, 0.29) is 11.6 Å². The molecule has 0 N–H and O–H groups in total. The van der Waals surface area contributed by atoms with E-state index in [0.29, 0.717) is 22.6 Å². The van der Waals surface area contributed by atoms with Crippen molar-refractivity contribution < 1.29 is 18.7 Å². The van der Waals surface area contributed by atoms with Crippen molar-refractivity contribution in [2.24, 2.45) is 0 Å². The zero-order valence-electron chi connectivity index (χ0n) is 10.7. The van der Waals surface area contributed by atoms with Crippen molar-refractivity contribution in [1.82, 2.24) is 0 Å². The molecule has 0 unspecified atom stereocenters. The number of ether oxygens (including phenoxy) is 2. The number of hydrogen-bond donors (Lipinski definition) is 0. The Labute approximate surface area is 120 Å². The maximum atomic E-state index is 12.9. The maximum absolute atomic E-state index is 12.9. The third-order valence-corrected chi connectivity index (χ3v) is 3.01. The first-order valence-corrected chi connectivity index (χ1v) is 6.22. The van der Waals surface area contributed by atoms with Crippen LogP contribution in [-0.2, 0) is 6.61 Å². The first-order chi connectivity index (χ1) is 9.63. The van der Waals surface area contributed by atoms with Crippen molar-refractivity contribution >= 4 is 17.9 Å². The first-order valence-electron chi connectivity index (χ1n) is 5.84. The van der Waals surface area contributed by atoms with Gasteiger partial charge in [-0.05, 0) is 36.4 Å². The molecule has 0 fully saturated rings. The third-order valence-electron chi connectivity index (χ3n) is 2.72. The van der Waals surface area contributed by atoms with E-state index in [0.717, 1.165) is 6.29 Å². The van der Waals surface area contributed by atoms with Crippen LogP contribution in [0, 0.1) is 5.82 Å². The SMILES string of the molecule is COc1ccc(C=O)cc1COc1ccc(F)cc1Cl. The topological polar surface area (TPSA) is 35.5 Å². The van der Waals surface area contributed by atoms with Gasteiger partial charge < -0.3 is 9.47 Å². The van der Waals surface area contributed by atoms with Crippen LogP contribution in [0.5, 0.6) is 11.5 Å². The Morgan fingerprint density at radius 3 is 2.60 bits per heavy atom. The second kappa shape index (κ2) is 6.39. The van der Waals surface area contributed by atoms with Gasteiger partial charge in [-0.3, -0.25) is 4.79 Å². The lowest BCUT2D eigenvalue weighted by Gasteiger charge is -2.11. The van der Waals surface area contributed by atoms with Crippen LogP contribution >= 0.6 is 11.6 Å². The normalized spacial score (nSPS) is 10.2. The van der Waals surface area contributed by atoms with Gasteiger partial charge >= 0.3 is 0 Å². The van der Waals surface area contributed by atoms with Crippen LogP contribution in [0.2, 0.25) is 5.02 Å². The van der Waals surface area contributed by atoms with Crippen molar-refractivity contribution in [3.63, 3.8) is 0 Å². The van der Waals surface area contributed by atoms with E-state index in [1.165, 1.54) is 25.3 Å². The van der Waals surface area contributed by atoms with E-state index >= 15 is 0 Å². The van der Waals surface area contributed by atoms with Gasteiger partial charge in [0.2, 0.25) is 0 Å². The van der Waals surface area contributed by atoms with Crippen LogP contribution in [0.15, 0.2) is 36.4 Å². The zero-order valence-corrected chi connectivity index (χ0v) is 11.5. The molecule has 0 atom stereocenters. The van der Waals surface area contributed by atoms with Crippen LogP contribution < -0.4 is 9.47 Å². The van der Waals surface area contributed by atoms with E-state index in [9.17, 15) is 9.18 Å². The predicted molar refractivity (Wildman–Crippen MR) is 74.1 cm³/mol. The minimum atomic E-state index is -0.428. The van der Waals surface area contributed by atoms with Gasteiger partial charge in [-0.15, -0.1) is 0 Å². The number of rotatable bonds is 5. The summed E-state index contributed by atoms with van der Waals surface area (Å²) in [6, 6.07) is 8.90. The second-order valence-electron chi connectivity index (χ2n) is 4.05. The van der Waals surface area contributed by atoms with Gasteiger partial charge in [-0.2, -0.15) is 0 Å². The average Bonchev–Trinajstić information content (AvgIpc) is 2.46. The molecule has 0 aromatic heterocycles. The summed E-state index contributed by atoms with van der Waals surface area (Å²) in [6.07, 6.45) is 0.744. The molecule has 0 saturated heterocycles. The molecular formula is C15H12ClFO3. The van der Waals surface area contributed by atoms with Crippen LogP contribution in [0.25, 0.3) is 0 Å². The fourth-order valence-electron chi connectivity index (χ4n) is 1.73. The molecule has 5 heteroatoms. The summed E-state index contributed by atoms with van der Waals surface area (Å²) in [5.74, 6) is 0.545. The number of hydrogen-bond acceptors (Lipinski definition) is 3. The minimum Gasteiger partial charge on any atom is -0.496 e. The third kappa shape index (κ3) is 3.27. The van der Waals surface area contributed by atoms with Gasteiger partial charge in [0.15, 0.2) is 0 Å². The molecule has 0 aliphatic heterocycles. The van der Waals surface area contributed by atoms with Crippen molar-refractivity contribution in [2.45, 2.75) is 6.61 Å². The Balaban J connectivity index is 2.19. The van der Waals surface area contributed by atoms with Gasteiger partial charge in [0.1, 0.15) is 30.2 Å². The molecular weight excluding hydrogens is 283 g/mol. The standard InChI is InChI=1S/C15H12ClFO3/c1-19-14-4-2-10(8-18)6-11(14)9-20-15-5-3-12(17)7-13(15)16/h2-8H,9H2,1H3. The highest BCUT2D eigenvalue weighted by atomic mass is 35.5. The molecule has 2 aromatic carbocycles. The summed E-state index contributed by atoms with van der Waals surface area (Å²) in [5, 5.41) is 0.190. The summed E-state index contributed by atoms with van der Waals surface area (Å²) < 4.78 is 23.6. The first kappa shape index (κ1) is 14.3. The van der Waals surface area contributed by atoms with Crippen molar-refractivity contribution in [3.8, 4) is 11.5 Å². The lowest BCUT2D eigenvalue weighted by Crippen LogP contribution is -2.00. The Bertz CT molecular complexity index is 629. The minimum absolute atomic E-state index is 0.163. The van der Waals surface area contributed by atoms with E-state index in [1.807, 2.05) is 0 Å². The Morgan fingerprint density at radius 2 is 1.95 bits per heavy atom. The summed E-state index contributed by atoms with van der Waals surface area (Å²) in [6.45, 7) is 0.163. The molecule has 0 saturated carbocycles. The fraction of sp³-hybridized carbons (Fsp3) is 0.133. The molecule has 2 rings (SSSR count). The van der Waals surface area contributed by atoms with Gasteiger partial charge in [0.05, 0.1) is 12.1 Å². The fourth-order valence-corrected chi connectivity index (χ4v) is 1.95. The Hall–Kier alpha value is -2.07. The molecule has 2 aromatic rings. The van der Waals surface area contributed by atoms with E-state index in [4.69, 9.17) is 21.1 Å². The molecule has 0 aliphatic rings. The molecule has 0 radical (unpaired) electrons. The van der Waals surface area contributed by atoms with Gasteiger partial charge in [-0.25, -0.2) is 4.39 Å². The summed E-state index contributed by atoms with van der Waals surface area (Å²) >= 11 is 5.88. The second-order valence-corrected chi connectivity index (χ2v) is 4.46. The van der Waals surface area contributed by atoms with Crippen LogP contribution in [0.4, 0.5) is 4.39 Å². The number of methoxy groups -OCH3 is 1. The average molecular weight is 295 g/mol. The molecule has 104 valence electrons. The van der Waals surface area contributed by atoms with E-state index in [1.54, 1.807) is 18.2 Å². The van der Waals surface area contributed by atoms with Gasteiger partial charge in [0, 0.05) is 11.1 Å². The summed E-state index contributed by atoms with van der Waals surface area (Å²) in [5.41, 5.74) is 1.23. The van der Waals surface area contributed by atoms with Crippen molar-refractivity contribution in [2.75, 3.05) is 7.11 Å². The number of halogens is 2. The molecule has 0 spiro atoms. The largest absolute Gasteiger partial charge is 0.496 e. The molecule has 0 heterocycles. The highest BCUT2D eigenvalue weighted by Gasteiger charge is 2.08. The monoisotopic (exact) mass is 294 g/mol. The maximum Gasteiger partial charge on any atom is 0.150 e. The summed E-state index contributed by atoms with van der Waals surface area (Å²) in [7, 11) is 1.53.